The summed E-state index contributed by atoms with van der Waals surface area (Å²) in [4.78, 5) is 29.9. The highest BCUT2D eigenvalue weighted by Crippen LogP contribution is 2.39. The van der Waals surface area contributed by atoms with Crippen molar-refractivity contribution in [3.05, 3.63) is 78.6 Å². The van der Waals surface area contributed by atoms with Crippen LogP contribution in [0.15, 0.2) is 67.3 Å². The minimum atomic E-state index is 0.0996. The zero-order valence-electron chi connectivity index (χ0n) is 18.8. The molecule has 1 fully saturated rings. The monoisotopic (exact) mass is 450 g/mol. The number of aromatic amines is 1. The molecule has 0 atom stereocenters. The van der Waals surface area contributed by atoms with Gasteiger partial charge in [-0.2, -0.15) is 0 Å². The highest BCUT2D eigenvalue weighted by Gasteiger charge is 2.30. The van der Waals surface area contributed by atoms with Crippen molar-refractivity contribution >= 4 is 28.0 Å². The summed E-state index contributed by atoms with van der Waals surface area (Å²) < 4.78 is 2.09. The Bertz CT molecular complexity index is 1440. The van der Waals surface area contributed by atoms with Crippen LogP contribution in [0.5, 0.6) is 0 Å². The number of benzene rings is 1. The van der Waals surface area contributed by atoms with E-state index in [9.17, 15) is 4.79 Å². The van der Waals surface area contributed by atoms with E-state index in [1.807, 2.05) is 30.5 Å². The van der Waals surface area contributed by atoms with Crippen molar-refractivity contribution in [1.29, 1.82) is 0 Å². The number of nitrogens with two attached hydrogens (primary N) is 1. The normalized spacial score (nSPS) is 18.5. The minimum Gasteiger partial charge on any atom is -0.382 e. The van der Waals surface area contributed by atoms with Crippen molar-refractivity contribution in [3.8, 4) is 11.4 Å². The van der Waals surface area contributed by atoms with E-state index < -0.39 is 0 Å². The van der Waals surface area contributed by atoms with Crippen LogP contribution in [0.4, 0.5) is 5.82 Å². The van der Waals surface area contributed by atoms with Gasteiger partial charge in [0.2, 0.25) is 0 Å². The second-order valence-corrected chi connectivity index (χ2v) is 9.17. The maximum absolute atomic E-state index is 12.9. The van der Waals surface area contributed by atoms with Gasteiger partial charge in [-0.05, 0) is 49.4 Å². The van der Waals surface area contributed by atoms with E-state index in [0.717, 1.165) is 64.9 Å². The van der Waals surface area contributed by atoms with Gasteiger partial charge in [-0.1, -0.05) is 24.3 Å². The number of H-pyrrole nitrogens is 1. The fourth-order valence-electron chi connectivity index (χ4n) is 5.29. The van der Waals surface area contributed by atoms with Crippen molar-refractivity contribution in [1.82, 2.24) is 24.3 Å². The molecule has 1 aliphatic carbocycles. The number of nitrogens with zero attached hydrogens (tertiary/aromatic N) is 4. The number of rotatable bonds is 5. The fraction of sp³-hybridized carbons (Fsp3) is 0.259. The Kier molecular flexibility index (Phi) is 5.09. The van der Waals surface area contributed by atoms with E-state index in [1.165, 1.54) is 0 Å². The van der Waals surface area contributed by atoms with Crippen LogP contribution in [0.1, 0.15) is 43.0 Å². The number of para-hydroxylation sites is 1. The maximum atomic E-state index is 12.9. The molecule has 6 rings (SSSR count). The lowest BCUT2D eigenvalue weighted by Gasteiger charge is -2.27. The van der Waals surface area contributed by atoms with Gasteiger partial charge in [0.25, 0.3) is 0 Å². The maximum Gasteiger partial charge on any atom is 0.150 e. The van der Waals surface area contributed by atoms with Crippen LogP contribution >= 0.6 is 0 Å². The Hall–Kier alpha value is -4.00. The minimum absolute atomic E-state index is 0.0996. The SMILES string of the molecule is Nc1nccn2c(C3CCC(C(=O)Cc4cccnc4)CC3)nc(-c3cc4ccccc4[nH]3)c12. The summed E-state index contributed by atoms with van der Waals surface area (Å²) in [6, 6.07) is 14.2. The summed E-state index contributed by atoms with van der Waals surface area (Å²) in [7, 11) is 0. The number of anilines is 1. The molecular weight excluding hydrogens is 424 g/mol. The van der Waals surface area contributed by atoms with Crippen LogP contribution in [0, 0.1) is 5.92 Å². The van der Waals surface area contributed by atoms with E-state index in [-0.39, 0.29) is 11.8 Å². The second kappa shape index (κ2) is 8.41. The topological polar surface area (TPSA) is 102 Å². The van der Waals surface area contributed by atoms with Gasteiger partial charge in [0.05, 0.1) is 5.69 Å². The van der Waals surface area contributed by atoms with Crippen molar-refractivity contribution in [2.24, 2.45) is 5.92 Å². The Balaban J connectivity index is 1.28. The molecule has 1 aromatic carbocycles. The van der Waals surface area contributed by atoms with E-state index in [4.69, 9.17) is 10.7 Å². The first-order chi connectivity index (χ1) is 16.7. The lowest BCUT2D eigenvalue weighted by molar-refractivity contribution is -0.123. The number of nitrogens with one attached hydrogen (secondary N) is 1. The molecule has 7 nitrogen and oxygen atoms in total. The molecule has 170 valence electrons. The van der Waals surface area contributed by atoms with E-state index in [0.29, 0.717) is 18.0 Å². The summed E-state index contributed by atoms with van der Waals surface area (Å²) >= 11 is 0. The Morgan fingerprint density at radius 1 is 1.09 bits per heavy atom. The molecule has 1 saturated carbocycles. The number of hydrogen-bond donors (Lipinski definition) is 2. The largest absolute Gasteiger partial charge is 0.382 e. The standard InChI is InChI=1S/C27H26N6O/c28-26-25-24(22-15-20-5-1-2-6-21(20)31-22)32-27(33(25)13-12-30-26)19-9-7-18(8-10-19)23(34)14-17-4-3-11-29-16-17/h1-6,11-13,15-16,18-19,31H,7-10,14H2,(H2,28,30). The number of nitrogen functional groups attached to an aromatic ring is 1. The molecule has 0 spiro atoms. The van der Waals surface area contributed by atoms with Crippen LogP contribution in [-0.2, 0) is 11.2 Å². The molecule has 0 amide bonds. The van der Waals surface area contributed by atoms with Gasteiger partial charge in [-0.25, -0.2) is 9.97 Å². The molecule has 7 heteroatoms. The third-order valence-corrected chi connectivity index (χ3v) is 7.04. The predicted molar refractivity (Wildman–Crippen MR) is 132 cm³/mol. The number of imidazole rings is 1. The second-order valence-electron chi connectivity index (χ2n) is 9.17. The van der Waals surface area contributed by atoms with Crippen LogP contribution in [0.3, 0.4) is 0 Å². The molecule has 4 heterocycles. The Morgan fingerprint density at radius 2 is 1.94 bits per heavy atom. The van der Waals surface area contributed by atoms with Crippen LogP contribution in [0.2, 0.25) is 0 Å². The molecule has 3 N–H and O–H groups in total. The molecule has 5 aromatic rings. The zero-order valence-corrected chi connectivity index (χ0v) is 18.8. The zero-order chi connectivity index (χ0) is 23.1. The van der Waals surface area contributed by atoms with Gasteiger partial charge in [0.1, 0.15) is 28.6 Å². The van der Waals surface area contributed by atoms with Crippen LogP contribution < -0.4 is 5.73 Å². The number of pyridine rings is 1. The average Bonchev–Trinajstić information content (AvgIpc) is 3.47. The molecule has 0 radical (unpaired) electrons. The van der Waals surface area contributed by atoms with Crippen LogP contribution in [-0.4, -0.2) is 30.1 Å². The van der Waals surface area contributed by atoms with Gasteiger partial charge in [0.15, 0.2) is 0 Å². The smallest absolute Gasteiger partial charge is 0.150 e. The van der Waals surface area contributed by atoms with Crippen molar-refractivity contribution < 1.29 is 4.79 Å². The van der Waals surface area contributed by atoms with Gasteiger partial charge >= 0.3 is 0 Å². The summed E-state index contributed by atoms with van der Waals surface area (Å²) in [6.45, 7) is 0. The van der Waals surface area contributed by atoms with Crippen molar-refractivity contribution in [2.75, 3.05) is 5.73 Å². The first kappa shape index (κ1) is 20.6. The quantitative estimate of drug-likeness (QED) is 0.395. The highest BCUT2D eigenvalue weighted by atomic mass is 16.1. The van der Waals surface area contributed by atoms with Gasteiger partial charge in [-0.3, -0.25) is 14.2 Å². The summed E-state index contributed by atoms with van der Waals surface area (Å²) in [6.07, 6.45) is 11.3. The molecule has 0 bridgehead atoms. The summed E-state index contributed by atoms with van der Waals surface area (Å²) in [5.74, 6) is 2.15. The number of aromatic nitrogens is 5. The molecular formula is C27H26N6O. The number of carbonyl (C=O) groups is 1. The van der Waals surface area contributed by atoms with E-state index in [1.54, 1.807) is 18.6 Å². The lowest BCUT2D eigenvalue weighted by Crippen LogP contribution is -2.23. The third-order valence-electron chi connectivity index (χ3n) is 7.04. The Labute approximate surface area is 197 Å². The van der Waals surface area contributed by atoms with E-state index >= 15 is 0 Å². The first-order valence-electron chi connectivity index (χ1n) is 11.8. The molecule has 0 aliphatic heterocycles. The summed E-state index contributed by atoms with van der Waals surface area (Å²) in [5, 5.41) is 1.13. The van der Waals surface area contributed by atoms with Crippen molar-refractivity contribution in [2.45, 2.75) is 38.0 Å². The fourth-order valence-corrected chi connectivity index (χ4v) is 5.29. The molecule has 0 unspecified atom stereocenters. The van der Waals surface area contributed by atoms with Gasteiger partial charge in [0, 0.05) is 53.9 Å². The number of carbonyl (C=O) groups excluding carboxylic acids is 1. The molecule has 34 heavy (non-hydrogen) atoms. The molecule has 4 aromatic heterocycles. The van der Waals surface area contributed by atoms with Gasteiger partial charge in [-0.15, -0.1) is 0 Å². The van der Waals surface area contributed by atoms with Crippen molar-refractivity contribution in [3.63, 3.8) is 0 Å². The predicted octanol–water partition coefficient (Wildman–Crippen LogP) is 4.94. The Morgan fingerprint density at radius 3 is 2.74 bits per heavy atom. The summed E-state index contributed by atoms with van der Waals surface area (Å²) in [5.41, 5.74) is 11.0. The lowest BCUT2D eigenvalue weighted by atomic mass is 9.78. The van der Waals surface area contributed by atoms with Gasteiger partial charge < -0.3 is 10.7 Å². The highest BCUT2D eigenvalue weighted by molar-refractivity contribution is 5.91. The molecule has 0 saturated heterocycles. The number of hydrogen-bond acceptors (Lipinski definition) is 5. The van der Waals surface area contributed by atoms with Crippen LogP contribution in [0.25, 0.3) is 27.8 Å². The third kappa shape index (κ3) is 3.63. The number of ketones is 1. The average molecular weight is 451 g/mol. The number of Topliss-reactive ketones (excluding diaryl/α,β-unsaturated/α-hetero) is 1. The molecule has 1 aliphatic rings. The number of fused-ring (bicyclic) bond motifs is 2. The van der Waals surface area contributed by atoms with E-state index in [2.05, 4.69) is 37.6 Å². The first-order valence-corrected chi connectivity index (χ1v) is 11.8.